The van der Waals surface area contributed by atoms with Crippen molar-refractivity contribution in [2.75, 3.05) is 17.7 Å². The average Bonchev–Trinajstić information content (AvgIpc) is 2.47. The number of urea groups is 1. The van der Waals surface area contributed by atoms with Crippen LogP contribution in [0.5, 0.6) is 5.75 Å². The highest BCUT2D eigenvalue weighted by Gasteiger charge is 2.17. The van der Waals surface area contributed by atoms with Gasteiger partial charge in [-0.15, -0.1) is 0 Å². The van der Waals surface area contributed by atoms with E-state index in [-0.39, 0.29) is 11.4 Å². The molecule has 2 rings (SSSR count). The lowest BCUT2D eigenvalue weighted by Gasteiger charge is -2.21. The summed E-state index contributed by atoms with van der Waals surface area (Å²) in [6, 6.07) is 14.9. The molecule has 0 aliphatic rings. The van der Waals surface area contributed by atoms with Crippen LogP contribution < -0.4 is 15.4 Å². The molecule has 0 aliphatic heterocycles. The van der Waals surface area contributed by atoms with Gasteiger partial charge >= 0.3 is 6.03 Å². The maximum Gasteiger partial charge on any atom is 0.323 e. The Balaban J connectivity index is 2.18. The molecule has 0 radical (unpaired) electrons. The van der Waals surface area contributed by atoms with Crippen molar-refractivity contribution in [2.45, 2.75) is 26.2 Å². The van der Waals surface area contributed by atoms with E-state index in [1.54, 1.807) is 7.11 Å². The quantitative estimate of drug-likeness (QED) is 0.867. The Bertz CT molecular complexity index is 646. The van der Waals surface area contributed by atoms with Gasteiger partial charge in [0.05, 0.1) is 12.8 Å². The van der Waals surface area contributed by atoms with E-state index >= 15 is 0 Å². The lowest BCUT2D eigenvalue weighted by Crippen LogP contribution is -2.20. The smallest absolute Gasteiger partial charge is 0.323 e. The van der Waals surface area contributed by atoms with Gasteiger partial charge in [-0.05, 0) is 35.2 Å². The number of methoxy groups -OCH3 is 1. The number of para-hydroxylation sites is 1. The van der Waals surface area contributed by atoms with Gasteiger partial charge in [-0.1, -0.05) is 45.0 Å². The zero-order valence-electron chi connectivity index (χ0n) is 13.4. The number of amides is 2. The molecule has 0 saturated carbocycles. The minimum atomic E-state index is -0.296. The molecule has 0 fully saturated rings. The first-order valence-corrected chi connectivity index (χ1v) is 7.22. The van der Waals surface area contributed by atoms with E-state index in [1.165, 1.54) is 0 Å². The largest absolute Gasteiger partial charge is 0.495 e. The molecule has 0 saturated heterocycles. The number of benzene rings is 2. The Labute approximate surface area is 131 Å². The van der Waals surface area contributed by atoms with Crippen LogP contribution in [0.15, 0.2) is 48.5 Å². The summed E-state index contributed by atoms with van der Waals surface area (Å²) < 4.78 is 5.32. The Morgan fingerprint density at radius 2 is 1.68 bits per heavy atom. The van der Waals surface area contributed by atoms with Gasteiger partial charge in [-0.3, -0.25) is 0 Å². The zero-order chi connectivity index (χ0) is 16.2. The fourth-order valence-electron chi connectivity index (χ4n) is 2.08. The highest BCUT2D eigenvalue weighted by atomic mass is 16.5. The second kappa shape index (κ2) is 6.52. The van der Waals surface area contributed by atoms with E-state index in [2.05, 4.69) is 31.4 Å². The van der Waals surface area contributed by atoms with E-state index < -0.39 is 0 Å². The first-order chi connectivity index (χ1) is 10.4. The summed E-state index contributed by atoms with van der Waals surface area (Å²) in [6.07, 6.45) is 0. The summed E-state index contributed by atoms with van der Waals surface area (Å²) in [5, 5.41) is 5.64. The first kappa shape index (κ1) is 15.9. The molecule has 2 N–H and O–H groups in total. The lowest BCUT2D eigenvalue weighted by atomic mass is 9.87. The second-order valence-corrected chi connectivity index (χ2v) is 6.11. The van der Waals surface area contributed by atoms with Crippen molar-refractivity contribution in [2.24, 2.45) is 0 Å². The van der Waals surface area contributed by atoms with Crippen LogP contribution >= 0.6 is 0 Å². The maximum atomic E-state index is 12.1. The summed E-state index contributed by atoms with van der Waals surface area (Å²) in [5.41, 5.74) is 2.52. The molecule has 0 unspecified atom stereocenters. The Morgan fingerprint density at radius 1 is 1.00 bits per heavy atom. The predicted octanol–water partition coefficient (Wildman–Crippen LogP) is 4.64. The lowest BCUT2D eigenvalue weighted by molar-refractivity contribution is 0.262. The second-order valence-electron chi connectivity index (χ2n) is 6.11. The average molecular weight is 298 g/mol. The van der Waals surface area contributed by atoms with E-state index in [9.17, 15) is 4.79 Å². The maximum absolute atomic E-state index is 12.1. The molecule has 0 aliphatic carbocycles. The molecular formula is C18H22N2O2. The molecule has 4 heteroatoms. The minimum absolute atomic E-state index is 0.00138. The van der Waals surface area contributed by atoms with Crippen molar-refractivity contribution < 1.29 is 9.53 Å². The number of nitrogens with one attached hydrogen (secondary N) is 2. The van der Waals surface area contributed by atoms with Crippen LogP contribution in [0.3, 0.4) is 0 Å². The third kappa shape index (κ3) is 4.01. The number of hydrogen-bond donors (Lipinski definition) is 2. The molecule has 0 spiro atoms. The van der Waals surface area contributed by atoms with Crippen molar-refractivity contribution in [3.8, 4) is 5.75 Å². The SMILES string of the molecule is COc1ccc(C(C)(C)C)cc1NC(=O)Nc1ccccc1. The van der Waals surface area contributed by atoms with Gasteiger partial charge in [0, 0.05) is 5.69 Å². The van der Waals surface area contributed by atoms with Gasteiger partial charge < -0.3 is 15.4 Å². The summed E-state index contributed by atoms with van der Waals surface area (Å²) in [6.45, 7) is 6.38. The van der Waals surface area contributed by atoms with Crippen molar-refractivity contribution in [1.82, 2.24) is 0 Å². The molecule has 116 valence electrons. The van der Waals surface area contributed by atoms with Gasteiger partial charge in [-0.2, -0.15) is 0 Å². The van der Waals surface area contributed by atoms with Crippen molar-refractivity contribution >= 4 is 17.4 Å². The van der Waals surface area contributed by atoms with Crippen LogP contribution in [0, 0.1) is 0 Å². The predicted molar refractivity (Wildman–Crippen MR) is 90.8 cm³/mol. The van der Waals surface area contributed by atoms with Gasteiger partial charge in [-0.25, -0.2) is 4.79 Å². The highest BCUT2D eigenvalue weighted by Crippen LogP contribution is 2.31. The molecule has 2 amide bonds. The van der Waals surface area contributed by atoms with Crippen LogP contribution in [-0.2, 0) is 5.41 Å². The molecule has 0 atom stereocenters. The topological polar surface area (TPSA) is 50.4 Å². The normalized spacial score (nSPS) is 10.9. The van der Waals surface area contributed by atoms with Crippen LogP contribution in [0.25, 0.3) is 0 Å². The van der Waals surface area contributed by atoms with Gasteiger partial charge in [0.15, 0.2) is 0 Å². The Kier molecular flexibility index (Phi) is 4.71. The fourth-order valence-corrected chi connectivity index (χ4v) is 2.08. The van der Waals surface area contributed by atoms with Gasteiger partial charge in [0.2, 0.25) is 0 Å². The molecule has 4 nitrogen and oxygen atoms in total. The molecular weight excluding hydrogens is 276 g/mol. The monoisotopic (exact) mass is 298 g/mol. The third-order valence-corrected chi connectivity index (χ3v) is 3.35. The van der Waals surface area contributed by atoms with Crippen LogP contribution in [-0.4, -0.2) is 13.1 Å². The summed E-state index contributed by atoms with van der Waals surface area (Å²) >= 11 is 0. The van der Waals surface area contributed by atoms with Crippen LogP contribution in [0.1, 0.15) is 26.3 Å². The molecule has 2 aromatic rings. The third-order valence-electron chi connectivity index (χ3n) is 3.35. The Morgan fingerprint density at radius 3 is 2.27 bits per heavy atom. The summed E-state index contributed by atoms with van der Waals surface area (Å²) in [7, 11) is 1.59. The van der Waals surface area contributed by atoms with Crippen molar-refractivity contribution in [1.29, 1.82) is 0 Å². The molecule has 0 aromatic heterocycles. The molecule has 2 aromatic carbocycles. The van der Waals surface area contributed by atoms with Gasteiger partial charge in [0.1, 0.15) is 5.75 Å². The van der Waals surface area contributed by atoms with Crippen LogP contribution in [0.2, 0.25) is 0 Å². The number of anilines is 2. The van der Waals surface area contributed by atoms with Crippen LogP contribution in [0.4, 0.5) is 16.2 Å². The summed E-state index contributed by atoms with van der Waals surface area (Å²) in [5.74, 6) is 0.635. The van der Waals surface area contributed by atoms with E-state index in [0.717, 1.165) is 11.3 Å². The van der Waals surface area contributed by atoms with E-state index in [0.29, 0.717) is 11.4 Å². The number of carbonyl (C=O) groups is 1. The van der Waals surface area contributed by atoms with E-state index in [1.807, 2.05) is 48.5 Å². The number of carbonyl (C=O) groups excluding carboxylic acids is 1. The molecule has 0 bridgehead atoms. The van der Waals surface area contributed by atoms with Crippen molar-refractivity contribution in [3.05, 3.63) is 54.1 Å². The zero-order valence-corrected chi connectivity index (χ0v) is 13.4. The molecule has 0 heterocycles. The molecule has 22 heavy (non-hydrogen) atoms. The standard InChI is InChI=1S/C18H22N2O2/c1-18(2,3)13-10-11-16(22-4)15(12-13)20-17(21)19-14-8-6-5-7-9-14/h5-12H,1-4H3,(H2,19,20,21). The van der Waals surface area contributed by atoms with E-state index in [4.69, 9.17) is 4.74 Å². The number of ether oxygens (including phenoxy) is 1. The van der Waals surface area contributed by atoms with Gasteiger partial charge in [0.25, 0.3) is 0 Å². The minimum Gasteiger partial charge on any atom is -0.495 e. The number of hydrogen-bond acceptors (Lipinski definition) is 2. The highest BCUT2D eigenvalue weighted by molar-refractivity contribution is 6.00. The fraction of sp³-hybridized carbons (Fsp3) is 0.278. The number of rotatable bonds is 3. The summed E-state index contributed by atoms with van der Waals surface area (Å²) in [4.78, 5) is 12.1. The first-order valence-electron chi connectivity index (χ1n) is 7.22. The van der Waals surface area contributed by atoms with Crippen molar-refractivity contribution in [3.63, 3.8) is 0 Å². The Hall–Kier alpha value is -2.49.